The summed E-state index contributed by atoms with van der Waals surface area (Å²) in [5.74, 6) is 0.927. The van der Waals surface area contributed by atoms with Gasteiger partial charge in [0.15, 0.2) is 0 Å². The Morgan fingerprint density at radius 2 is 1.82 bits per heavy atom. The predicted molar refractivity (Wildman–Crippen MR) is 93.2 cm³/mol. The molecule has 1 N–H and O–H groups in total. The summed E-state index contributed by atoms with van der Waals surface area (Å²) in [6.45, 7) is 4.15. The topological polar surface area (TPSA) is 29.5 Å². The van der Waals surface area contributed by atoms with Crippen molar-refractivity contribution in [3.05, 3.63) is 70.8 Å². The van der Waals surface area contributed by atoms with E-state index in [0.717, 1.165) is 23.1 Å². The second-order valence-corrected chi connectivity index (χ2v) is 5.45. The minimum absolute atomic E-state index is 0.213. The highest BCUT2D eigenvalue weighted by Gasteiger charge is 2.09. The summed E-state index contributed by atoms with van der Waals surface area (Å²) in [5.41, 5.74) is 4.43. The molecule has 0 aliphatic carbocycles. The van der Waals surface area contributed by atoms with Crippen LogP contribution in [0.4, 0.5) is 0 Å². The van der Waals surface area contributed by atoms with E-state index in [9.17, 15) is 5.11 Å². The van der Waals surface area contributed by atoms with Gasteiger partial charge in [0.25, 0.3) is 0 Å². The highest BCUT2D eigenvalue weighted by molar-refractivity contribution is 5.73. The molecule has 2 aromatic carbocycles. The van der Waals surface area contributed by atoms with Gasteiger partial charge in [-0.3, -0.25) is 0 Å². The zero-order chi connectivity index (χ0) is 15.9. The van der Waals surface area contributed by atoms with Crippen LogP contribution in [0.5, 0.6) is 11.5 Å². The first-order chi connectivity index (χ1) is 10.6. The summed E-state index contributed by atoms with van der Waals surface area (Å²) in [5, 5.41) is 9.89. The highest BCUT2D eigenvalue weighted by atomic mass is 16.5. The Hall–Kier alpha value is -2.48. The molecule has 2 nitrogen and oxygen atoms in total. The highest BCUT2D eigenvalue weighted by Crippen LogP contribution is 2.30. The molecule has 0 spiro atoms. The monoisotopic (exact) mass is 294 g/mol. The molecule has 2 aromatic rings. The van der Waals surface area contributed by atoms with Gasteiger partial charge in [-0.1, -0.05) is 54.1 Å². The van der Waals surface area contributed by atoms with Crippen LogP contribution in [0.15, 0.2) is 54.1 Å². The van der Waals surface area contributed by atoms with Gasteiger partial charge in [-0.15, -0.1) is 0 Å². The van der Waals surface area contributed by atoms with Crippen LogP contribution >= 0.6 is 0 Å². The van der Waals surface area contributed by atoms with Crippen molar-refractivity contribution < 1.29 is 9.84 Å². The van der Waals surface area contributed by atoms with Gasteiger partial charge in [0.2, 0.25) is 0 Å². The SMILES string of the molecule is COc1cc(O)cc(C=Cc2ccccc2)c1CC=C(C)C. The van der Waals surface area contributed by atoms with E-state index in [0.29, 0.717) is 5.75 Å². The van der Waals surface area contributed by atoms with Crippen molar-refractivity contribution in [1.82, 2.24) is 0 Å². The Labute approximate surface area is 132 Å². The lowest BCUT2D eigenvalue weighted by Gasteiger charge is -2.11. The van der Waals surface area contributed by atoms with E-state index in [1.54, 1.807) is 19.2 Å². The largest absolute Gasteiger partial charge is 0.508 e. The van der Waals surface area contributed by atoms with Crippen LogP contribution in [-0.2, 0) is 6.42 Å². The molecule has 0 aliphatic heterocycles. The van der Waals surface area contributed by atoms with Crippen molar-refractivity contribution in [2.24, 2.45) is 0 Å². The third kappa shape index (κ3) is 4.26. The number of phenolic OH excluding ortho intramolecular Hbond substituents is 1. The van der Waals surface area contributed by atoms with Crippen LogP contribution in [-0.4, -0.2) is 12.2 Å². The molecule has 0 fully saturated rings. The van der Waals surface area contributed by atoms with Crippen molar-refractivity contribution in [3.63, 3.8) is 0 Å². The zero-order valence-electron chi connectivity index (χ0n) is 13.3. The van der Waals surface area contributed by atoms with E-state index in [1.165, 1.54) is 5.57 Å². The maximum atomic E-state index is 9.89. The number of allylic oxidation sites excluding steroid dienone is 2. The molecule has 0 atom stereocenters. The van der Waals surface area contributed by atoms with Crippen molar-refractivity contribution in [2.45, 2.75) is 20.3 Å². The van der Waals surface area contributed by atoms with Crippen LogP contribution < -0.4 is 4.74 Å². The molecule has 0 amide bonds. The van der Waals surface area contributed by atoms with Gasteiger partial charge in [-0.05, 0) is 37.5 Å². The molecule has 2 rings (SSSR count). The summed E-state index contributed by atoms with van der Waals surface area (Å²) >= 11 is 0. The van der Waals surface area contributed by atoms with Gasteiger partial charge in [-0.25, -0.2) is 0 Å². The maximum Gasteiger partial charge on any atom is 0.126 e. The average molecular weight is 294 g/mol. The van der Waals surface area contributed by atoms with Gasteiger partial charge < -0.3 is 9.84 Å². The second kappa shape index (κ2) is 7.51. The summed E-state index contributed by atoms with van der Waals surface area (Å²) in [7, 11) is 1.63. The van der Waals surface area contributed by atoms with Gasteiger partial charge in [0, 0.05) is 11.6 Å². The second-order valence-electron chi connectivity index (χ2n) is 5.45. The molecule has 0 bridgehead atoms. The summed E-state index contributed by atoms with van der Waals surface area (Å²) in [6, 6.07) is 13.5. The fraction of sp³-hybridized carbons (Fsp3) is 0.200. The number of hydrogen-bond donors (Lipinski definition) is 1. The lowest BCUT2D eigenvalue weighted by atomic mass is 10.00. The summed E-state index contributed by atoms with van der Waals surface area (Å²) < 4.78 is 5.43. The molecule has 0 heterocycles. The number of hydrogen-bond acceptors (Lipinski definition) is 2. The fourth-order valence-corrected chi connectivity index (χ4v) is 2.26. The molecule has 22 heavy (non-hydrogen) atoms. The molecule has 0 radical (unpaired) electrons. The molecule has 0 unspecified atom stereocenters. The molecule has 2 heteroatoms. The zero-order valence-corrected chi connectivity index (χ0v) is 13.3. The molecular formula is C20H22O2. The minimum Gasteiger partial charge on any atom is -0.508 e. The first kappa shape index (κ1) is 15.9. The van der Waals surface area contributed by atoms with Gasteiger partial charge >= 0.3 is 0 Å². The van der Waals surface area contributed by atoms with E-state index in [2.05, 4.69) is 19.9 Å². The fourth-order valence-electron chi connectivity index (χ4n) is 2.26. The third-order valence-corrected chi connectivity index (χ3v) is 3.42. The van der Waals surface area contributed by atoms with Crippen LogP contribution in [0, 0.1) is 0 Å². The van der Waals surface area contributed by atoms with Gasteiger partial charge in [0.05, 0.1) is 7.11 Å². The Morgan fingerprint density at radius 1 is 1.09 bits per heavy atom. The molecular weight excluding hydrogens is 272 g/mol. The molecule has 0 saturated carbocycles. The van der Waals surface area contributed by atoms with Crippen molar-refractivity contribution in [1.29, 1.82) is 0 Å². The van der Waals surface area contributed by atoms with Crippen LogP contribution in [0.3, 0.4) is 0 Å². The Bertz CT molecular complexity index is 678. The molecule has 114 valence electrons. The number of aromatic hydroxyl groups is 1. The lowest BCUT2D eigenvalue weighted by molar-refractivity contribution is 0.403. The standard InChI is InChI=1S/C20H22O2/c1-15(2)9-12-19-17(13-18(21)14-20(19)22-3)11-10-16-7-5-4-6-8-16/h4-11,13-14,21H,12H2,1-3H3. The van der Waals surface area contributed by atoms with E-state index < -0.39 is 0 Å². The van der Waals surface area contributed by atoms with E-state index in [-0.39, 0.29) is 5.75 Å². The third-order valence-electron chi connectivity index (χ3n) is 3.42. The van der Waals surface area contributed by atoms with Crippen LogP contribution in [0.2, 0.25) is 0 Å². The number of benzene rings is 2. The van der Waals surface area contributed by atoms with Gasteiger partial charge in [0.1, 0.15) is 11.5 Å². The van der Waals surface area contributed by atoms with Gasteiger partial charge in [-0.2, -0.15) is 0 Å². The van der Waals surface area contributed by atoms with E-state index >= 15 is 0 Å². The number of ether oxygens (including phenoxy) is 1. The van der Waals surface area contributed by atoms with Crippen molar-refractivity contribution >= 4 is 12.2 Å². The average Bonchev–Trinajstić information content (AvgIpc) is 2.52. The predicted octanol–water partition coefficient (Wildman–Crippen LogP) is 5.08. The number of phenols is 1. The smallest absolute Gasteiger partial charge is 0.126 e. The first-order valence-corrected chi connectivity index (χ1v) is 7.36. The Morgan fingerprint density at radius 3 is 2.45 bits per heavy atom. The molecule has 0 aromatic heterocycles. The lowest BCUT2D eigenvalue weighted by Crippen LogP contribution is -1.95. The van der Waals surface area contributed by atoms with Crippen LogP contribution in [0.25, 0.3) is 12.2 Å². The quantitative estimate of drug-likeness (QED) is 0.615. The van der Waals surface area contributed by atoms with Crippen molar-refractivity contribution in [3.8, 4) is 11.5 Å². The normalized spacial score (nSPS) is 10.7. The van der Waals surface area contributed by atoms with E-state index in [1.807, 2.05) is 42.5 Å². The molecule has 0 saturated heterocycles. The Kier molecular flexibility index (Phi) is 5.42. The van der Waals surface area contributed by atoms with Crippen LogP contribution in [0.1, 0.15) is 30.5 Å². The number of rotatable bonds is 5. The molecule has 0 aliphatic rings. The first-order valence-electron chi connectivity index (χ1n) is 7.36. The Balaban J connectivity index is 2.42. The van der Waals surface area contributed by atoms with Crippen molar-refractivity contribution in [2.75, 3.05) is 7.11 Å². The summed E-state index contributed by atoms with van der Waals surface area (Å²) in [4.78, 5) is 0. The minimum atomic E-state index is 0.213. The number of methoxy groups -OCH3 is 1. The van der Waals surface area contributed by atoms with E-state index in [4.69, 9.17) is 4.74 Å². The maximum absolute atomic E-state index is 9.89. The summed E-state index contributed by atoms with van der Waals surface area (Å²) in [6.07, 6.45) is 7.00.